The summed E-state index contributed by atoms with van der Waals surface area (Å²) in [6, 6.07) is 10.6. The maximum Gasteiger partial charge on any atom is 0.242 e. The van der Waals surface area contributed by atoms with Gasteiger partial charge in [0.15, 0.2) is 0 Å². The standard InChI is InChI=1S/C14H18N4/c1-15-14-16-13-12(11-7-3-2-4-8-11)9-5-6-10-18(13)17-14/h2-4,7-8,12H,5-6,9-10H2,1H3,(H,15,17). The molecule has 4 heteroatoms. The average Bonchev–Trinajstić information content (AvgIpc) is 2.73. The molecule has 2 aromatic rings. The molecule has 2 heterocycles. The molecule has 0 saturated carbocycles. The Morgan fingerprint density at radius 3 is 2.83 bits per heavy atom. The number of fused-ring (bicyclic) bond motifs is 1. The molecule has 1 N–H and O–H groups in total. The maximum atomic E-state index is 4.63. The van der Waals surface area contributed by atoms with Crippen molar-refractivity contribution in [2.45, 2.75) is 31.7 Å². The molecule has 3 rings (SSSR count). The molecule has 0 amide bonds. The zero-order valence-electron chi connectivity index (χ0n) is 10.6. The van der Waals surface area contributed by atoms with Gasteiger partial charge in [0.2, 0.25) is 5.95 Å². The molecule has 1 aromatic carbocycles. The second-order valence-electron chi connectivity index (χ2n) is 4.73. The fraction of sp³-hybridized carbons (Fsp3) is 0.429. The Hall–Kier alpha value is -1.84. The predicted molar refractivity (Wildman–Crippen MR) is 71.7 cm³/mol. The number of aryl methyl sites for hydroxylation is 1. The van der Waals surface area contributed by atoms with Gasteiger partial charge >= 0.3 is 0 Å². The summed E-state index contributed by atoms with van der Waals surface area (Å²) in [5, 5.41) is 7.53. The SMILES string of the molecule is CNc1nc2n(n1)CCCCC2c1ccccc1. The smallest absolute Gasteiger partial charge is 0.242 e. The van der Waals surface area contributed by atoms with Gasteiger partial charge in [0, 0.05) is 19.5 Å². The summed E-state index contributed by atoms with van der Waals surface area (Å²) in [5.41, 5.74) is 1.34. The Morgan fingerprint density at radius 1 is 1.22 bits per heavy atom. The van der Waals surface area contributed by atoms with Gasteiger partial charge in [-0.25, -0.2) is 4.68 Å². The normalized spacial score (nSPS) is 19.1. The summed E-state index contributed by atoms with van der Waals surface area (Å²) < 4.78 is 2.07. The molecular weight excluding hydrogens is 224 g/mol. The number of benzene rings is 1. The van der Waals surface area contributed by atoms with E-state index in [2.05, 4.69) is 50.4 Å². The van der Waals surface area contributed by atoms with Crippen molar-refractivity contribution >= 4 is 5.95 Å². The van der Waals surface area contributed by atoms with Gasteiger partial charge in [0.1, 0.15) is 5.82 Å². The van der Waals surface area contributed by atoms with Crippen LogP contribution in [0.25, 0.3) is 0 Å². The zero-order chi connectivity index (χ0) is 12.4. The molecule has 1 unspecified atom stereocenters. The summed E-state index contributed by atoms with van der Waals surface area (Å²) in [4.78, 5) is 4.63. The van der Waals surface area contributed by atoms with Crippen molar-refractivity contribution < 1.29 is 0 Å². The van der Waals surface area contributed by atoms with Crippen molar-refractivity contribution in [3.8, 4) is 0 Å². The van der Waals surface area contributed by atoms with Gasteiger partial charge in [-0.15, -0.1) is 5.10 Å². The third kappa shape index (κ3) is 1.98. The van der Waals surface area contributed by atoms with Gasteiger partial charge in [0.05, 0.1) is 0 Å². The Morgan fingerprint density at radius 2 is 2.06 bits per heavy atom. The van der Waals surface area contributed by atoms with Gasteiger partial charge in [-0.05, 0) is 18.4 Å². The van der Waals surface area contributed by atoms with Crippen molar-refractivity contribution in [1.29, 1.82) is 0 Å². The number of aromatic nitrogens is 3. The van der Waals surface area contributed by atoms with Crippen molar-refractivity contribution in [3.63, 3.8) is 0 Å². The Kier molecular flexibility index (Phi) is 3.00. The molecule has 1 aromatic heterocycles. The molecule has 18 heavy (non-hydrogen) atoms. The molecule has 94 valence electrons. The van der Waals surface area contributed by atoms with Crippen LogP contribution in [0.5, 0.6) is 0 Å². The highest BCUT2D eigenvalue weighted by molar-refractivity contribution is 5.30. The molecular formula is C14H18N4. The van der Waals surface area contributed by atoms with Crippen LogP contribution in [-0.2, 0) is 6.54 Å². The molecule has 0 saturated heterocycles. The number of rotatable bonds is 2. The van der Waals surface area contributed by atoms with Crippen LogP contribution in [0.4, 0.5) is 5.95 Å². The van der Waals surface area contributed by atoms with Crippen molar-refractivity contribution in [2.24, 2.45) is 0 Å². The molecule has 0 radical (unpaired) electrons. The van der Waals surface area contributed by atoms with E-state index in [0.717, 1.165) is 24.7 Å². The molecule has 1 atom stereocenters. The number of hydrogen-bond acceptors (Lipinski definition) is 3. The molecule has 1 aliphatic rings. The largest absolute Gasteiger partial charge is 0.356 e. The lowest BCUT2D eigenvalue weighted by Gasteiger charge is -2.13. The summed E-state index contributed by atoms with van der Waals surface area (Å²) in [5.74, 6) is 2.21. The average molecular weight is 242 g/mol. The number of nitrogens with one attached hydrogen (secondary N) is 1. The van der Waals surface area contributed by atoms with Crippen molar-refractivity contribution in [1.82, 2.24) is 14.8 Å². The maximum absolute atomic E-state index is 4.63. The first-order valence-corrected chi connectivity index (χ1v) is 6.56. The van der Waals surface area contributed by atoms with Gasteiger partial charge in [-0.2, -0.15) is 4.98 Å². The van der Waals surface area contributed by atoms with Crippen LogP contribution in [0.2, 0.25) is 0 Å². The van der Waals surface area contributed by atoms with Crippen molar-refractivity contribution in [3.05, 3.63) is 41.7 Å². The van der Waals surface area contributed by atoms with Crippen LogP contribution in [0.15, 0.2) is 30.3 Å². The molecule has 0 spiro atoms. The van der Waals surface area contributed by atoms with Crippen LogP contribution < -0.4 is 5.32 Å². The first kappa shape index (κ1) is 11.3. The van der Waals surface area contributed by atoms with E-state index in [4.69, 9.17) is 0 Å². The topological polar surface area (TPSA) is 42.7 Å². The minimum absolute atomic E-state index is 0.378. The van der Waals surface area contributed by atoms with E-state index in [1.807, 2.05) is 7.05 Å². The highest BCUT2D eigenvalue weighted by atomic mass is 15.4. The molecule has 0 aliphatic carbocycles. The highest BCUT2D eigenvalue weighted by Crippen LogP contribution is 2.31. The summed E-state index contributed by atoms with van der Waals surface area (Å²) in [6.45, 7) is 0.980. The lowest BCUT2D eigenvalue weighted by atomic mass is 9.94. The first-order valence-electron chi connectivity index (χ1n) is 6.56. The lowest BCUT2D eigenvalue weighted by Crippen LogP contribution is -2.08. The summed E-state index contributed by atoms with van der Waals surface area (Å²) >= 11 is 0. The van der Waals surface area contributed by atoms with Gasteiger partial charge in [0.25, 0.3) is 0 Å². The minimum atomic E-state index is 0.378. The second-order valence-corrected chi connectivity index (χ2v) is 4.73. The van der Waals surface area contributed by atoms with E-state index < -0.39 is 0 Å². The first-order chi connectivity index (χ1) is 8.88. The third-order valence-corrected chi connectivity index (χ3v) is 3.55. The summed E-state index contributed by atoms with van der Waals surface area (Å²) in [7, 11) is 1.87. The lowest BCUT2D eigenvalue weighted by molar-refractivity contribution is 0.576. The number of anilines is 1. The van der Waals surface area contributed by atoms with E-state index in [1.54, 1.807) is 0 Å². The van der Waals surface area contributed by atoms with E-state index in [9.17, 15) is 0 Å². The number of nitrogens with zero attached hydrogens (tertiary/aromatic N) is 3. The fourth-order valence-electron chi connectivity index (χ4n) is 2.62. The van der Waals surface area contributed by atoms with Gasteiger partial charge in [-0.1, -0.05) is 36.8 Å². The minimum Gasteiger partial charge on any atom is -0.356 e. The van der Waals surface area contributed by atoms with Gasteiger partial charge < -0.3 is 5.32 Å². The van der Waals surface area contributed by atoms with Crippen LogP contribution >= 0.6 is 0 Å². The molecule has 4 nitrogen and oxygen atoms in total. The molecule has 0 bridgehead atoms. The fourth-order valence-corrected chi connectivity index (χ4v) is 2.62. The Bertz CT molecular complexity index is 518. The van der Waals surface area contributed by atoms with Crippen LogP contribution in [0.1, 0.15) is 36.6 Å². The van der Waals surface area contributed by atoms with Gasteiger partial charge in [-0.3, -0.25) is 0 Å². The molecule has 0 fully saturated rings. The van der Waals surface area contributed by atoms with E-state index in [0.29, 0.717) is 5.92 Å². The van der Waals surface area contributed by atoms with Crippen molar-refractivity contribution in [2.75, 3.05) is 12.4 Å². The van der Waals surface area contributed by atoms with Crippen LogP contribution in [0.3, 0.4) is 0 Å². The Labute approximate surface area is 107 Å². The monoisotopic (exact) mass is 242 g/mol. The third-order valence-electron chi connectivity index (χ3n) is 3.55. The van der Waals surface area contributed by atoms with Crippen LogP contribution in [0, 0.1) is 0 Å². The Balaban J connectivity index is 2.03. The summed E-state index contributed by atoms with van der Waals surface area (Å²) in [6.07, 6.45) is 3.58. The number of hydrogen-bond donors (Lipinski definition) is 1. The molecule has 1 aliphatic heterocycles. The predicted octanol–water partition coefficient (Wildman–Crippen LogP) is 2.64. The van der Waals surface area contributed by atoms with E-state index in [1.165, 1.54) is 18.4 Å². The van der Waals surface area contributed by atoms with Crippen LogP contribution in [-0.4, -0.2) is 21.8 Å². The highest BCUT2D eigenvalue weighted by Gasteiger charge is 2.23. The van der Waals surface area contributed by atoms with E-state index >= 15 is 0 Å². The quantitative estimate of drug-likeness (QED) is 0.880. The second kappa shape index (κ2) is 4.80. The zero-order valence-corrected chi connectivity index (χ0v) is 10.6. The van der Waals surface area contributed by atoms with E-state index in [-0.39, 0.29) is 0 Å².